The van der Waals surface area contributed by atoms with E-state index in [0.29, 0.717) is 11.3 Å². The number of rotatable bonds is 4. The van der Waals surface area contributed by atoms with Gasteiger partial charge >= 0.3 is 0 Å². The van der Waals surface area contributed by atoms with E-state index in [1.807, 2.05) is 20.8 Å². The highest BCUT2D eigenvalue weighted by Crippen LogP contribution is 2.13. The van der Waals surface area contributed by atoms with E-state index in [1.54, 1.807) is 24.3 Å². The molecule has 0 radical (unpaired) electrons. The molecule has 0 aromatic heterocycles. The maximum absolute atomic E-state index is 12.1. The Hall–Kier alpha value is -3.33. The van der Waals surface area contributed by atoms with Crippen LogP contribution in [0.1, 0.15) is 41.5 Å². The summed E-state index contributed by atoms with van der Waals surface area (Å²) in [5.41, 5.74) is 0.900. The van der Waals surface area contributed by atoms with E-state index in [4.69, 9.17) is 12.2 Å². The van der Waals surface area contributed by atoms with Crippen LogP contribution in [0.25, 0.3) is 0 Å². The van der Waals surface area contributed by atoms with Crippen molar-refractivity contribution in [2.45, 2.75) is 26.3 Å². The lowest BCUT2D eigenvalue weighted by atomic mass is 10.1. The molecule has 9 heteroatoms. The van der Waals surface area contributed by atoms with Crippen LogP contribution in [0.5, 0.6) is 0 Å². The summed E-state index contributed by atoms with van der Waals surface area (Å²) < 4.78 is 0. The van der Waals surface area contributed by atoms with Gasteiger partial charge in [0.2, 0.25) is 0 Å². The van der Waals surface area contributed by atoms with Crippen molar-refractivity contribution in [1.82, 2.24) is 10.6 Å². The quantitative estimate of drug-likeness (QED) is 0.412. The van der Waals surface area contributed by atoms with Crippen molar-refractivity contribution in [1.29, 1.82) is 0 Å². The van der Waals surface area contributed by atoms with Gasteiger partial charge in [0.1, 0.15) is 0 Å². The third-order valence-corrected chi connectivity index (χ3v) is 3.66. The molecule has 0 fully saturated rings. The van der Waals surface area contributed by atoms with Crippen LogP contribution in [0.2, 0.25) is 0 Å². The molecule has 0 aliphatic carbocycles. The Labute approximate surface area is 167 Å². The second-order valence-electron chi connectivity index (χ2n) is 6.99. The largest absolute Gasteiger partial charge is 0.347 e. The van der Waals surface area contributed by atoms with Gasteiger partial charge in [0, 0.05) is 34.5 Å². The van der Waals surface area contributed by atoms with Crippen LogP contribution in [0, 0.1) is 10.1 Å². The number of anilines is 1. The Morgan fingerprint density at radius 2 is 1.43 bits per heavy atom. The number of carbonyl (C=O) groups excluding carboxylic acids is 2. The van der Waals surface area contributed by atoms with E-state index in [-0.39, 0.29) is 27.8 Å². The van der Waals surface area contributed by atoms with Gasteiger partial charge in [-0.15, -0.1) is 0 Å². The molecule has 2 amide bonds. The highest BCUT2D eigenvalue weighted by atomic mass is 32.1. The number of benzene rings is 2. The summed E-state index contributed by atoms with van der Waals surface area (Å²) >= 11 is 5.11. The van der Waals surface area contributed by atoms with Gasteiger partial charge in [-0.05, 0) is 69.4 Å². The topological polar surface area (TPSA) is 113 Å². The highest BCUT2D eigenvalue weighted by molar-refractivity contribution is 7.80. The molecule has 0 aliphatic heterocycles. The van der Waals surface area contributed by atoms with Crippen molar-refractivity contribution in [2.24, 2.45) is 0 Å². The lowest BCUT2D eigenvalue weighted by Crippen LogP contribution is -2.40. The van der Waals surface area contributed by atoms with E-state index in [9.17, 15) is 19.7 Å². The van der Waals surface area contributed by atoms with Gasteiger partial charge in [-0.25, -0.2) is 0 Å². The minimum Gasteiger partial charge on any atom is -0.347 e. The molecule has 2 rings (SSSR count). The second kappa shape index (κ2) is 8.57. The normalized spacial score (nSPS) is 10.7. The Bertz CT molecular complexity index is 903. The van der Waals surface area contributed by atoms with Gasteiger partial charge in [-0.1, -0.05) is 0 Å². The van der Waals surface area contributed by atoms with E-state index in [0.717, 1.165) is 0 Å². The molecule has 28 heavy (non-hydrogen) atoms. The molecule has 0 unspecified atom stereocenters. The first-order chi connectivity index (χ1) is 13.0. The second-order valence-corrected chi connectivity index (χ2v) is 7.40. The summed E-state index contributed by atoms with van der Waals surface area (Å²) in [4.78, 5) is 34.4. The third-order valence-electron chi connectivity index (χ3n) is 3.46. The van der Waals surface area contributed by atoms with Crippen LogP contribution in [-0.4, -0.2) is 27.4 Å². The first-order valence-corrected chi connectivity index (χ1v) is 8.75. The van der Waals surface area contributed by atoms with Crippen molar-refractivity contribution in [3.8, 4) is 0 Å². The van der Waals surface area contributed by atoms with Gasteiger partial charge in [0.25, 0.3) is 17.5 Å². The zero-order chi connectivity index (χ0) is 20.9. The Kier molecular flexibility index (Phi) is 6.42. The van der Waals surface area contributed by atoms with E-state index in [1.165, 1.54) is 24.3 Å². The predicted molar refractivity (Wildman–Crippen MR) is 110 cm³/mol. The lowest BCUT2D eigenvalue weighted by molar-refractivity contribution is -0.384. The van der Waals surface area contributed by atoms with Crippen molar-refractivity contribution >= 4 is 40.5 Å². The number of nitrogens with one attached hydrogen (secondary N) is 3. The molecule has 3 N–H and O–H groups in total. The molecule has 0 atom stereocenters. The number of carbonyl (C=O) groups is 2. The maximum atomic E-state index is 12.1. The molecule has 0 spiro atoms. The summed E-state index contributed by atoms with van der Waals surface area (Å²) in [6.45, 7) is 5.69. The zero-order valence-electron chi connectivity index (χ0n) is 15.6. The summed E-state index contributed by atoms with van der Waals surface area (Å²) in [5, 5.41) is 18.9. The predicted octanol–water partition coefficient (Wildman–Crippen LogP) is 3.25. The van der Waals surface area contributed by atoms with Crippen LogP contribution >= 0.6 is 12.2 Å². The molecule has 2 aromatic rings. The minimum atomic E-state index is -0.542. The van der Waals surface area contributed by atoms with Crippen LogP contribution in [0.15, 0.2) is 48.5 Å². The smallest absolute Gasteiger partial charge is 0.269 e. The summed E-state index contributed by atoms with van der Waals surface area (Å²) in [7, 11) is 0. The van der Waals surface area contributed by atoms with E-state index >= 15 is 0 Å². The van der Waals surface area contributed by atoms with Gasteiger partial charge < -0.3 is 10.6 Å². The average molecular weight is 400 g/mol. The summed E-state index contributed by atoms with van der Waals surface area (Å²) in [5.74, 6) is -0.679. The fourth-order valence-corrected chi connectivity index (χ4v) is 2.40. The van der Waals surface area contributed by atoms with E-state index in [2.05, 4.69) is 16.0 Å². The minimum absolute atomic E-state index is 0.0650. The SMILES string of the molecule is CC(C)(C)NC(=O)c1ccc(NC(=S)NC(=O)c2ccc([N+](=O)[O-])cc2)cc1. The monoisotopic (exact) mass is 400 g/mol. The number of thiocarbonyl (C=S) groups is 1. The van der Waals surface area contributed by atoms with Crippen LogP contribution in [0.3, 0.4) is 0 Å². The molecule has 0 bridgehead atoms. The summed E-state index contributed by atoms with van der Waals surface area (Å²) in [6.07, 6.45) is 0. The van der Waals surface area contributed by atoms with Crippen LogP contribution in [-0.2, 0) is 0 Å². The number of amides is 2. The van der Waals surface area contributed by atoms with Crippen molar-refractivity contribution in [2.75, 3.05) is 5.32 Å². The Morgan fingerprint density at radius 3 is 1.93 bits per heavy atom. The van der Waals surface area contributed by atoms with Gasteiger partial charge in [-0.2, -0.15) is 0 Å². The van der Waals surface area contributed by atoms with Gasteiger partial charge in [-0.3, -0.25) is 25.0 Å². The number of nitro groups is 1. The van der Waals surface area contributed by atoms with Crippen molar-refractivity contribution < 1.29 is 14.5 Å². The third kappa shape index (κ3) is 6.13. The molecule has 2 aromatic carbocycles. The molecule has 0 saturated carbocycles. The molecule has 146 valence electrons. The number of nitro benzene ring substituents is 1. The van der Waals surface area contributed by atoms with Crippen LogP contribution < -0.4 is 16.0 Å². The standard InChI is InChI=1S/C19H20N4O4S/c1-19(2,3)22-17(25)13-4-8-14(9-5-13)20-18(28)21-16(24)12-6-10-15(11-7-12)23(26)27/h4-11H,1-3H3,(H,22,25)(H2,20,21,24,28). The summed E-state index contributed by atoms with van der Waals surface area (Å²) in [6, 6.07) is 11.8. The number of hydrogen-bond donors (Lipinski definition) is 3. The molecule has 0 aliphatic rings. The lowest BCUT2D eigenvalue weighted by Gasteiger charge is -2.20. The Balaban J connectivity index is 1.94. The maximum Gasteiger partial charge on any atom is 0.269 e. The number of non-ortho nitro benzene ring substituents is 1. The molecular weight excluding hydrogens is 380 g/mol. The molecular formula is C19H20N4O4S. The molecule has 0 heterocycles. The fourth-order valence-electron chi connectivity index (χ4n) is 2.19. The highest BCUT2D eigenvalue weighted by Gasteiger charge is 2.15. The number of nitrogens with zero attached hydrogens (tertiary/aromatic N) is 1. The average Bonchev–Trinajstić information content (AvgIpc) is 2.60. The molecule has 0 saturated heterocycles. The fraction of sp³-hybridized carbons (Fsp3) is 0.211. The van der Waals surface area contributed by atoms with Crippen molar-refractivity contribution in [3.63, 3.8) is 0 Å². The zero-order valence-corrected chi connectivity index (χ0v) is 16.4. The van der Waals surface area contributed by atoms with Crippen LogP contribution in [0.4, 0.5) is 11.4 Å². The van der Waals surface area contributed by atoms with Gasteiger partial charge in [0.05, 0.1) is 4.92 Å². The Morgan fingerprint density at radius 1 is 0.929 bits per heavy atom. The van der Waals surface area contributed by atoms with E-state index < -0.39 is 10.8 Å². The van der Waals surface area contributed by atoms with Crippen molar-refractivity contribution in [3.05, 3.63) is 69.8 Å². The number of hydrogen-bond acceptors (Lipinski definition) is 5. The van der Waals surface area contributed by atoms with Gasteiger partial charge in [0.15, 0.2) is 5.11 Å². The molecule has 8 nitrogen and oxygen atoms in total. The first kappa shape index (κ1) is 21.0. The first-order valence-electron chi connectivity index (χ1n) is 8.34.